The Hall–Kier alpha value is -2.28. The van der Waals surface area contributed by atoms with Crippen LogP contribution < -0.4 is 5.73 Å². The summed E-state index contributed by atoms with van der Waals surface area (Å²) in [5, 5.41) is 10.2. The van der Waals surface area contributed by atoms with Gasteiger partial charge in [-0.15, -0.1) is 0 Å². The summed E-state index contributed by atoms with van der Waals surface area (Å²) in [6.45, 7) is 2.10. The summed E-state index contributed by atoms with van der Waals surface area (Å²) < 4.78 is 2.00. The Bertz CT molecular complexity index is 1040. The van der Waals surface area contributed by atoms with E-state index in [-0.39, 0.29) is 5.92 Å². The lowest BCUT2D eigenvalue weighted by atomic mass is 9.97. The molecule has 0 unspecified atom stereocenters. The number of imidazole rings is 1. The van der Waals surface area contributed by atoms with Crippen LogP contribution in [-0.4, -0.2) is 38.4 Å². The summed E-state index contributed by atoms with van der Waals surface area (Å²) in [5.74, 6) is -0.970. The van der Waals surface area contributed by atoms with E-state index in [0.717, 1.165) is 35.7 Å². The van der Waals surface area contributed by atoms with E-state index in [1.54, 1.807) is 6.07 Å². The van der Waals surface area contributed by atoms with E-state index >= 15 is 0 Å². The number of carbonyl (C=O) groups is 1. The number of carboxylic acid groups (broad SMARTS) is 1. The Morgan fingerprint density at radius 2 is 1.93 bits per heavy atom. The van der Waals surface area contributed by atoms with Crippen molar-refractivity contribution in [2.75, 3.05) is 18.8 Å². The normalized spacial score (nSPS) is 15.9. The summed E-state index contributed by atoms with van der Waals surface area (Å²) in [5.41, 5.74) is 10.1. The Morgan fingerprint density at radius 3 is 2.61 bits per heavy atom. The first-order valence-corrected chi connectivity index (χ1v) is 9.85. The van der Waals surface area contributed by atoms with E-state index < -0.39 is 5.97 Å². The molecule has 0 bridgehead atoms. The molecule has 146 valence electrons. The highest BCUT2D eigenvalue weighted by Gasteiger charge is 2.26. The molecule has 1 saturated heterocycles. The number of aromatic nitrogens is 2. The molecule has 3 heterocycles. The molecule has 6 nitrogen and oxygen atoms in total. The molecule has 2 aromatic heterocycles. The van der Waals surface area contributed by atoms with Crippen molar-refractivity contribution in [3.8, 4) is 11.3 Å². The quantitative estimate of drug-likeness (QED) is 0.663. The molecule has 1 aliphatic heterocycles. The summed E-state index contributed by atoms with van der Waals surface area (Å²) in [4.78, 5) is 18.3. The number of fused-ring (bicyclic) bond motifs is 1. The number of likely N-dealkylation sites (tertiary alicyclic amines) is 1. The maximum atomic E-state index is 11.2. The van der Waals surface area contributed by atoms with Crippen molar-refractivity contribution in [1.29, 1.82) is 0 Å². The number of nitrogens with zero attached hydrogens (tertiary/aromatic N) is 3. The van der Waals surface area contributed by atoms with Gasteiger partial charge in [0.1, 0.15) is 5.65 Å². The second-order valence-electron chi connectivity index (χ2n) is 7.12. The number of anilines is 1. The highest BCUT2D eigenvalue weighted by Crippen LogP contribution is 2.32. The molecule has 0 atom stereocenters. The minimum absolute atomic E-state index is 0.261. The summed E-state index contributed by atoms with van der Waals surface area (Å²) in [6, 6.07) is 9.19. The van der Waals surface area contributed by atoms with E-state index in [9.17, 15) is 9.90 Å². The lowest BCUT2D eigenvalue weighted by Gasteiger charge is -2.30. The maximum absolute atomic E-state index is 11.2. The second-order valence-corrected chi connectivity index (χ2v) is 7.93. The summed E-state index contributed by atoms with van der Waals surface area (Å²) in [6.07, 6.45) is 3.16. The molecule has 3 N–H and O–H groups in total. The topological polar surface area (TPSA) is 83.9 Å². The molecule has 28 heavy (non-hydrogen) atoms. The van der Waals surface area contributed by atoms with Crippen LogP contribution in [0.3, 0.4) is 0 Å². The minimum atomic E-state index is -0.710. The van der Waals surface area contributed by atoms with Gasteiger partial charge >= 0.3 is 5.97 Å². The van der Waals surface area contributed by atoms with Crippen LogP contribution in [0.1, 0.15) is 18.5 Å². The van der Waals surface area contributed by atoms with E-state index in [1.165, 1.54) is 0 Å². The smallest absolute Gasteiger partial charge is 0.306 e. The first kappa shape index (κ1) is 19.1. The first-order valence-electron chi connectivity index (χ1n) is 9.09. The number of aliphatic carboxylic acids is 1. The number of piperidine rings is 1. The molecular formula is C20H20Cl2N4O2. The number of pyridine rings is 1. The minimum Gasteiger partial charge on any atom is -0.481 e. The van der Waals surface area contributed by atoms with Crippen molar-refractivity contribution in [2.24, 2.45) is 5.92 Å². The molecule has 8 heteroatoms. The zero-order valence-electron chi connectivity index (χ0n) is 15.1. The molecule has 0 radical (unpaired) electrons. The Morgan fingerprint density at radius 1 is 1.18 bits per heavy atom. The maximum Gasteiger partial charge on any atom is 0.306 e. The molecule has 1 aromatic carbocycles. The van der Waals surface area contributed by atoms with Gasteiger partial charge in [0.05, 0.1) is 27.4 Å². The number of hydrogen-bond donors (Lipinski definition) is 2. The van der Waals surface area contributed by atoms with Gasteiger partial charge in [0, 0.05) is 24.0 Å². The average molecular weight is 419 g/mol. The van der Waals surface area contributed by atoms with Crippen molar-refractivity contribution < 1.29 is 9.90 Å². The number of nitrogens with two attached hydrogens (primary N) is 1. The molecule has 0 amide bonds. The predicted molar refractivity (Wildman–Crippen MR) is 111 cm³/mol. The SMILES string of the molecule is Nc1ccc2nc(-c3ccc(Cl)c(Cl)c3)c(CN3CCC(C(=O)O)CC3)n2c1. The van der Waals surface area contributed by atoms with Gasteiger partial charge < -0.3 is 15.2 Å². The van der Waals surface area contributed by atoms with E-state index in [1.807, 2.05) is 34.9 Å². The van der Waals surface area contributed by atoms with Gasteiger partial charge in [-0.25, -0.2) is 4.98 Å². The van der Waals surface area contributed by atoms with Gasteiger partial charge in [0.2, 0.25) is 0 Å². The van der Waals surface area contributed by atoms with Crippen molar-refractivity contribution in [1.82, 2.24) is 14.3 Å². The monoisotopic (exact) mass is 418 g/mol. The van der Waals surface area contributed by atoms with Crippen LogP contribution in [0.2, 0.25) is 10.0 Å². The fourth-order valence-corrected chi connectivity index (χ4v) is 3.98. The fraction of sp³-hybridized carbons (Fsp3) is 0.300. The lowest BCUT2D eigenvalue weighted by molar-refractivity contribution is -0.143. The van der Waals surface area contributed by atoms with Gasteiger partial charge in [0.15, 0.2) is 0 Å². The van der Waals surface area contributed by atoms with Crippen LogP contribution in [0.5, 0.6) is 0 Å². The molecule has 1 aliphatic rings. The number of carboxylic acids is 1. The average Bonchev–Trinajstić information content (AvgIpc) is 3.02. The third-order valence-electron chi connectivity index (χ3n) is 5.24. The van der Waals surface area contributed by atoms with Crippen molar-refractivity contribution in [3.63, 3.8) is 0 Å². The van der Waals surface area contributed by atoms with E-state index in [4.69, 9.17) is 33.9 Å². The molecule has 0 aliphatic carbocycles. The van der Waals surface area contributed by atoms with Crippen LogP contribution >= 0.6 is 23.2 Å². The van der Waals surface area contributed by atoms with Crippen molar-refractivity contribution in [3.05, 3.63) is 52.3 Å². The number of rotatable bonds is 4. The van der Waals surface area contributed by atoms with Crippen LogP contribution in [0.25, 0.3) is 16.9 Å². The zero-order chi connectivity index (χ0) is 19.8. The number of benzene rings is 1. The van der Waals surface area contributed by atoms with Gasteiger partial charge in [-0.1, -0.05) is 29.3 Å². The molecule has 1 fully saturated rings. The largest absolute Gasteiger partial charge is 0.481 e. The third kappa shape index (κ3) is 3.68. The lowest BCUT2D eigenvalue weighted by Crippen LogP contribution is -2.36. The summed E-state index contributed by atoms with van der Waals surface area (Å²) >= 11 is 12.3. The van der Waals surface area contributed by atoms with E-state index in [0.29, 0.717) is 35.1 Å². The van der Waals surface area contributed by atoms with Crippen molar-refractivity contribution >= 4 is 40.5 Å². The third-order valence-corrected chi connectivity index (χ3v) is 5.98. The predicted octanol–water partition coefficient (Wildman–Crippen LogP) is 4.19. The molecule has 4 rings (SSSR count). The van der Waals surface area contributed by atoms with Gasteiger partial charge in [0.25, 0.3) is 0 Å². The van der Waals surface area contributed by atoms with Crippen LogP contribution in [0.4, 0.5) is 5.69 Å². The Labute approximate surface area is 172 Å². The standard InChI is InChI=1S/C20H20Cl2N4O2/c21-15-3-1-13(9-16(15)22)19-17(26-10-14(23)2-4-18(26)24-19)11-25-7-5-12(6-8-25)20(27)28/h1-4,9-10,12H,5-8,11,23H2,(H,27,28). The van der Waals surface area contributed by atoms with Crippen molar-refractivity contribution in [2.45, 2.75) is 19.4 Å². The highest BCUT2D eigenvalue weighted by molar-refractivity contribution is 6.42. The number of hydrogen-bond acceptors (Lipinski definition) is 4. The zero-order valence-corrected chi connectivity index (χ0v) is 16.6. The van der Waals surface area contributed by atoms with Gasteiger partial charge in [-0.05, 0) is 50.2 Å². The Kier molecular flexibility index (Phi) is 5.19. The molecule has 0 saturated carbocycles. The van der Waals surface area contributed by atoms with Gasteiger partial charge in [-0.3, -0.25) is 9.69 Å². The Balaban J connectivity index is 1.72. The molecular weight excluding hydrogens is 399 g/mol. The molecule has 0 spiro atoms. The molecule has 3 aromatic rings. The number of halogens is 2. The highest BCUT2D eigenvalue weighted by atomic mass is 35.5. The second kappa shape index (κ2) is 7.62. The van der Waals surface area contributed by atoms with Crippen LogP contribution in [-0.2, 0) is 11.3 Å². The van der Waals surface area contributed by atoms with Crippen LogP contribution in [0.15, 0.2) is 36.5 Å². The van der Waals surface area contributed by atoms with E-state index in [2.05, 4.69) is 4.90 Å². The van der Waals surface area contributed by atoms with Crippen LogP contribution in [0, 0.1) is 5.92 Å². The number of nitrogen functional groups attached to an aromatic ring is 1. The fourth-order valence-electron chi connectivity index (χ4n) is 3.69. The first-order chi connectivity index (χ1) is 13.4. The van der Waals surface area contributed by atoms with Gasteiger partial charge in [-0.2, -0.15) is 0 Å². The summed E-state index contributed by atoms with van der Waals surface area (Å²) in [7, 11) is 0.